The van der Waals surface area contributed by atoms with Crippen LogP contribution in [0.4, 0.5) is 0 Å². The van der Waals surface area contributed by atoms with E-state index in [0.29, 0.717) is 12.6 Å². The van der Waals surface area contributed by atoms with Crippen LogP contribution >= 0.6 is 0 Å². The van der Waals surface area contributed by atoms with Crippen LogP contribution in [0.3, 0.4) is 0 Å². The molecule has 0 aromatic rings. The predicted molar refractivity (Wildman–Crippen MR) is 82.1 cm³/mol. The molecule has 0 aromatic carbocycles. The Bertz CT molecular complexity index is 357. The summed E-state index contributed by atoms with van der Waals surface area (Å²) >= 11 is 0. The van der Waals surface area contributed by atoms with Gasteiger partial charge in [-0.1, -0.05) is 19.3 Å². The zero-order valence-corrected chi connectivity index (χ0v) is 13.0. The number of carbonyl (C=O) groups excluding carboxylic acids is 1. The molecule has 0 unspecified atom stereocenters. The van der Waals surface area contributed by atoms with E-state index < -0.39 is 5.60 Å². The van der Waals surface area contributed by atoms with Gasteiger partial charge in [-0.05, 0) is 25.7 Å². The van der Waals surface area contributed by atoms with Gasteiger partial charge in [0.2, 0.25) is 5.91 Å². The Morgan fingerprint density at radius 3 is 2.29 bits per heavy atom. The maximum atomic E-state index is 11.8. The van der Waals surface area contributed by atoms with Crippen LogP contribution in [-0.2, 0) is 4.79 Å². The first-order valence-electron chi connectivity index (χ1n) is 8.59. The monoisotopic (exact) mass is 295 g/mol. The number of β-amino-alcohol motifs (C(OH)–C–C–N with tert-alkyl or cyclic N) is 1. The van der Waals surface area contributed by atoms with Crippen molar-refractivity contribution in [3.8, 4) is 0 Å². The van der Waals surface area contributed by atoms with Gasteiger partial charge in [-0.2, -0.15) is 0 Å². The maximum absolute atomic E-state index is 11.8. The van der Waals surface area contributed by atoms with Gasteiger partial charge in [0.15, 0.2) is 0 Å². The average Bonchev–Trinajstić information content (AvgIpc) is 3.25. The summed E-state index contributed by atoms with van der Waals surface area (Å²) in [6.07, 6.45) is 7.81. The molecular weight excluding hydrogens is 266 g/mol. The van der Waals surface area contributed by atoms with E-state index in [1.807, 2.05) is 0 Å². The maximum Gasteiger partial charge on any atom is 0.234 e. The van der Waals surface area contributed by atoms with Crippen LogP contribution in [-0.4, -0.2) is 71.7 Å². The molecule has 2 saturated carbocycles. The highest BCUT2D eigenvalue weighted by Crippen LogP contribution is 2.29. The fraction of sp³-hybridized carbons (Fsp3) is 0.938. The molecule has 1 aliphatic heterocycles. The summed E-state index contributed by atoms with van der Waals surface area (Å²) in [4.78, 5) is 16.4. The van der Waals surface area contributed by atoms with Gasteiger partial charge < -0.3 is 10.4 Å². The molecule has 3 rings (SSSR count). The third-order valence-electron chi connectivity index (χ3n) is 5.08. The van der Waals surface area contributed by atoms with E-state index in [1.165, 1.54) is 6.42 Å². The average molecular weight is 295 g/mol. The third-order valence-corrected chi connectivity index (χ3v) is 5.08. The minimum atomic E-state index is -0.455. The molecule has 21 heavy (non-hydrogen) atoms. The molecule has 0 radical (unpaired) electrons. The lowest BCUT2D eigenvalue weighted by atomic mass is 9.84. The second-order valence-corrected chi connectivity index (χ2v) is 7.18. The second-order valence-electron chi connectivity index (χ2n) is 7.18. The van der Waals surface area contributed by atoms with Crippen molar-refractivity contribution < 1.29 is 9.90 Å². The second kappa shape index (κ2) is 6.63. The summed E-state index contributed by atoms with van der Waals surface area (Å²) in [6.45, 7) is 5.17. The van der Waals surface area contributed by atoms with E-state index in [4.69, 9.17) is 0 Å². The molecule has 3 aliphatic rings. The number of rotatable bonds is 5. The van der Waals surface area contributed by atoms with Crippen LogP contribution in [0.15, 0.2) is 0 Å². The van der Waals surface area contributed by atoms with Crippen LogP contribution in [0.2, 0.25) is 0 Å². The van der Waals surface area contributed by atoms with Gasteiger partial charge >= 0.3 is 0 Å². The Labute approximate surface area is 127 Å². The molecule has 3 fully saturated rings. The third kappa shape index (κ3) is 4.66. The van der Waals surface area contributed by atoms with E-state index in [0.717, 1.165) is 71.2 Å². The highest BCUT2D eigenvalue weighted by Gasteiger charge is 2.32. The smallest absolute Gasteiger partial charge is 0.234 e. The Kier molecular flexibility index (Phi) is 4.82. The number of hydrogen-bond acceptors (Lipinski definition) is 4. The van der Waals surface area contributed by atoms with Crippen molar-refractivity contribution in [1.82, 2.24) is 15.1 Å². The lowest BCUT2D eigenvalue weighted by Crippen LogP contribution is -2.53. The Morgan fingerprint density at radius 2 is 1.67 bits per heavy atom. The summed E-state index contributed by atoms with van der Waals surface area (Å²) in [6, 6.07) is 0.458. The summed E-state index contributed by atoms with van der Waals surface area (Å²) in [5, 5.41) is 13.7. The van der Waals surface area contributed by atoms with Crippen LogP contribution in [0.25, 0.3) is 0 Å². The topological polar surface area (TPSA) is 55.8 Å². The van der Waals surface area contributed by atoms with Crippen LogP contribution < -0.4 is 5.32 Å². The molecule has 2 aliphatic carbocycles. The first-order valence-corrected chi connectivity index (χ1v) is 8.59. The summed E-state index contributed by atoms with van der Waals surface area (Å²) in [7, 11) is 0. The zero-order chi connectivity index (χ0) is 14.7. The number of nitrogens with one attached hydrogen (secondary N) is 1. The summed E-state index contributed by atoms with van der Waals surface area (Å²) in [5.74, 6) is 0.178. The molecule has 0 bridgehead atoms. The molecule has 0 atom stereocenters. The molecule has 1 heterocycles. The Morgan fingerprint density at radius 1 is 1.05 bits per heavy atom. The Balaban J connectivity index is 1.37. The van der Waals surface area contributed by atoms with Crippen molar-refractivity contribution in [1.29, 1.82) is 0 Å². The number of piperazine rings is 1. The van der Waals surface area contributed by atoms with Gasteiger partial charge in [-0.15, -0.1) is 0 Å². The molecule has 0 aromatic heterocycles. The highest BCUT2D eigenvalue weighted by molar-refractivity contribution is 5.78. The van der Waals surface area contributed by atoms with Crippen molar-refractivity contribution in [2.45, 2.75) is 56.6 Å². The van der Waals surface area contributed by atoms with Gasteiger partial charge in [-0.3, -0.25) is 14.6 Å². The van der Waals surface area contributed by atoms with Crippen molar-refractivity contribution in [3.63, 3.8) is 0 Å². The van der Waals surface area contributed by atoms with Crippen molar-refractivity contribution in [2.75, 3.05) is 39.3 Å². The fourth-order valence-corrected chi connectivity index (χ4v) is 3.59. The normalized spacial score (nSPS) is 27.5. The number of aliphatic hydroxyl groups is 1. The fourth-order valence-electron chi connectivity index (χ4n) is 3.59. The number of hydrogen-bond donors (Lipinski definition) is 2. The van der Waals surface area contributed by atoms with Crippen LogP contribution in [0.5, 0.6) is 0 Å². The standard InChI is InChI=1S/C16H29N3O2/c20-15(17-14-4-5-14)12-18-8-10-19(11-9-18)13-16(21)6-2-1-3-7-16/h14,21H,1-13H2,(H,17,20). The van der Waals surface area contributed by atoms with Crippen molar-refractivity contribution in [2.24, 2.45) is 0 Å². The molecule has 1 amide bonds. The number of carbonyl (C=O) groups is 1. The molecule has 1 saturated heterocycles. The van der Waals surface area contributed by atoms with E-state index >= 15 is 0 Å². The van der Waals surface area contributed by atoms with Gasteiger partial charge in [0.25, 0.3) is 0 Å². The zero-order valence-electron chi connectivity index (χ0n) is 13.0. The van der Waals surface area contributed by atoms with Crippen molar-refractivity contribution >= 4 is 5.91 Å². The summed E-state index contributed by atoms with van der Waals surface area (Å²) < 4.78 is 0. The Hall–Kier alpha value is -0.650. The first-order chi connectivity index (χ1) is 10.1. The minimum absolute atomic E-state index is 0.178. The number of nitrogens with zero attached hydrogens (tertiary/aromatic N) is 2. The highest BCUT2D eigenvalue weighted by atomic mass is 16.3. The molecule has 120 valence electrons. The molecule has 2 N–H and O–H groups in total. The van der Waals surface area contributed by atoms with E-state index in [9.17, 15) is 9.90 Å². The SMILES string of the molecule is O=C(CN1CCN(CC2(O)CCCCC2)CC1)NC1CC1. The van der Waals surface area contributed by atoms with Gasteiger partial charge in [0, 0.05) is 38.8 Å². The van der Waals surface area contributed by atoms with Crippen LogP contribution in [0.1, 0.15) is 44.9 Å². The van der Waals surface area contributed by atoms with Gasteiger partial charge in [-0.25, -0.2) is 0 Å². The summed E-state index contributed by atoms with van der Waals surface area (Å²) in [5.41, 5.74) is -0.455. The van der Waals surface area contributed by atoms with Crippen LogP contribution in [0, 0.1) is 0 Å². The molecule has 0 spiro atoms. The quantitative estimate of drug-likeness (QED) is 0.779. The lowest BCUT2D eigenvalue weighted by Gasteiger charge is -2.40. The molecular formula is C16H29N3O2. The lowest BCUT2D eigenvalue weighted by molar-refractivity contribution is -0.123. The predicted octanol–water partition coefficient (Wildman–Crippen LogP) is 0.578. The van der Waals surface area contributed by atoms with Gasteiger partial charge in [0.05, 0.1) is 12.1 Å². The minimum Gasteiger partial charge on any atom is -0.389 e. The van der Waals surface area contributed by atoms with Gasteiger partial charge in [0.1, 0.15) is 0 Å². The van der Waals surface area contributed by atoms with Crippen molar-refractivity contribution in [3.05, 3.63) is 0 Å². The molecule has 5 nitrogen and oxygen atoms in total. The van der Waals surface area contributed by atoms with E-state index in [-0.39, 0.29) is 5.91 Å². The largest absolute Gasteiger partial charge is 0.389 e. The van der Waals surface area contributed by atoms with E-state index in [2.05, 4.69) is 15.1 Å². The first kappa shape index (κ1) is 15.3. The van der Waals surface area contributed by atoms with E-state index in [1.54, 1.807) is 0 Å². The number of amides is 1. The molecule has 5 heteroatoms.